The number of nitrogens with one attached hydrogen (secondary N) is 1. The summed E-state index contributed by atoms with van der Waals surface area (Å²) in [4.78, 5) is 1.28. The summed E-state index contributed by atoms with van der Waals surface area (Å²) < 4.78 is 13.7. The molecule has 2 rings (SSSR count). The number of hydrogen-bond acceptors (Lipinski definition) is 2. The Morgan fingerprint density at radius 1 is 1.11 bits per heavy atom. The van der Waals surface area contributed by atoms with Crippen LogP contribution in [0.5, 0.6) is 0 Å². The summed E-state index contributed by atoms with van der Waals surface area (Å²) in [5.41, 5.74) is 1.08. The van der Waals surface area contributed by atoms with E-state index in [1.54, 1.807) is 6.07 Å². The summed E-state index contributed by atoms with van der Waals surface area (Å²) in [6.45, 7) is 1.67. The maximum Gasteiger partial charge on any atom is 0.124 e. The van der Waals surface area contributed by atoms with E-state index < -0.39 is 0 Å². The van der Waals surface area contributed by atoms with Crippen LogP contribution in [0.25, 0.3) is 0 Å². The molecule has 0 heterocycles. The first kappa shape index (κ1) is 14.6. The number of benzene rings is 2. The molecular formula is C15H15BrFNS. The van der Waals surface area contributed by atoms with E-state index in [0.717, 1.165) is 28.9 Å². The van der Waals surface area contributed by atoms with Gasteiger partial charge in [0.25, 0.3) is 0 Å². The quantitative estimate of drug-likeness (QED) is 0.615. The molecule has 4 heteroatoms. The third-order valence-electron chi connectivity index (χ3n) is 2.62. The van der Waals surface area contributed by atoms with Gasteiger partial charge in [-0.15, -0.1) is 11.8 Å². The van der Waals surface area contributed by atoms with Gasteiger partial charge in [-0.05, 0) is 29.8 Å². The first-order valence-corrected chi connectivity index (χ1v) is 7.86. The molecule has 0 radical (unpaired) electrons. The van der Waals surface area contributed by atoms with Crippen molar-refractivity contribution in [2.45, 2.75) is 11.4 Å². The van der Waals surface area contributed by atoms with Crippen LogP contribution in [0.1, 0.15) is 5.56 Å². The fourth-order valence-electron chi connectivity index (χ4n) is 1.65. The second kappa shape index (κ2) is 7.68. The smallest absolute Gasteiger partial charge is 0.124 e. The number of thioether (sulfide) groups is 1. The van der Waals surface area contributed by atoms with Crippen LogP contribution < -0.4 is 5.32 Å². The predicted molar refractivity (Wildman–Crippen MR) is 83.0 cm³/mol. The Morgan fingerprint density at radius 2 is 1.89 bits per heavy atom. The molecule has 2 aromatic carbocycles. The molecular weight excluding hydrogens is 325 g/mol. The lowest BCUT2D eigenvalue weighted by Gasteiger charge is -2.07. The molecule has 1 nitrogen and oxygen atoms in total. The largest absolute Gasteiger partial charge is 0.312 e. The van der Waals surface area contributed by atoms with Crippen molar-refractivity contribution in [1.29, 1.82) is 0 Å². The SMILES string of the molecule is Fc1ccc(CNCCSc2ccccc2)c(Br)c1. The molecule has 2 aromatic rings. The van der Waals surface area contributed by atoms with E-state index in [4.69, 9.17) is 0 Å². The van der Waals surface area contributed by atoms with Gasteiger partial charge in [0.15, 0.2) is 0 Å². The van der Waals surface area contributed by atoms with Gasteiger partial charge in [-0.2, -0.15) is 0 Å². The highest BCUT2D eigenvalue weighted by Gasteiger charge is 2.01. The normalized spacial score (nSPS) is 10.6. The van der Waals surface area contributed by atoms with Crippen LogP contribution in [0.2, 0.25) is 0 Å². The highest BCUT2D eigenvalue weighted by atomic mass is 79.9. The van der Waals surface area contributed by atoms with Crippen LogP contribution >= 0.6 is 27.7 Å². The summed E-state index contributed by atoms with van der Waals surface area (Å²) >= 11 is 5.20. The lowest BCUT2D eigenvalue weighted by molar-refractivity contribution is 0.624. The second-order valence-electron chi connectivity index (χ2n) is 4.07. The van der Waals surface area contributed by atoms with E-state index in [-0.39, 0.29) is 5.82 Å². The van der Waals surface area contributed by atoms with E-state index in [9.17, 15) is 4.39 Å². The Morgan fingerprint density at radius 3 is 2.63 bits per heavy atom. The summed E-state index contributed by atoms with van der Waals surface area (Å²) in [5, 5.41) is 3.36. The minimum absolute atomic E-state index is 0.213. The molecule has 0 saturated carbocycles. The van der Waals surface area contributed by atoms with Gasteiger partial charge >= 0.3 is 0 Å². The van der Waals surface area contributed by atoms with E-state index in [0.29, 0.717) is 0 Å². The minimum Gasteiger partial charge on any atom is -0.312 e. The van der Waals surface area contributed by atoms with E-state index in [2.05, 4.69) is 33.4 Å². The van der Waals surface area contributed by atoms with Crippen molar-refractivity contribution in [2.75, 3.05) is 12.3 Å². The third-order valence-corrected chi connectivity index (χ3v) is 4.37. The average Bonchev–Trinajstić information content (AvgIpc) is 2.42. The maximum atomic E-state index is 12.9. The van der Waals surface area contributed by atoms with Crippen LogP contribution in [0.3, 0.4) is 0 Å². The van der Waals surface area contributed by atoms with Crippen molar-refractivity contribution in [3.05, 3.63) is 64.4 Å². The van der Waals surface area contributed by atoms with Crippen molar-refractivity contribution >= 4 is 27.7 Å². The van der Waals surface area contributed by atoms with Crippen LogP contribution in [0, 0.1) is 5.82 Å². The molecule has 0 aromatic heterocycles. The Balaban J connectivity index is 1.69. The lowest BCUT2D eigenvalue weighted by Crippen LogP contribution is -2.16. The van der Waals surface area contributed by atoms with Crippen molar-refractivity contribution in [3.8, 4) is 0 Å². The molecule has 0 bridgehead atoms. The monoisotopic (exact) mass is 339 g/mol. The number of halogens is 2. The molecule has 19 heavy (non-hydrogen) atoms. The predicted octanol–water partition coefficient (Wildman–Crippen LogP) is 4.47. The second-order valence-corrected chi connectivity index (χ2v) is 6.10. The van der Waals surface area contributed by atoms with Crippen molar-refractivity contribution in [2.24, 2.45) is 0 Å². The highest BCUT2D eigenvalue weighted by molar-refractivity contribution is 9.10. The topological polar surface area (TPSA) is 12.0 Å². The fraction of sp³-hybridized carbons (Fsp3) is 0.200. The van der Waals surface area contributed by atoms with Gasteiger partial charge in [0.1, 0.15) is 5.82 Å². The van der Waals surface area contributed by atoms with E-state index >= 15 is 0 Å². The first-order chi connectivity index (χ1) is 9.25. The van der Waals surface area contributed by atoms with E-state index in [1.807, 2.05) is 30.0 Å². The highest BCUT2D eigenvalue weighted by Crippen LogP contribution is 2.18. The molecule has 0 saturated heterocycles. The van der Waals surface area contributed by atoms with Crippen molar-refractivity contribution in [1.82, 2.24) is 5.32 Å². The van der Waals surface area contributed by atoms with Gasteiger partial charge in [0, 0.05) is 28.2 Å². The Hall–Kier alpha value is -0.840. The zero-order chi connectivity index (χ0) is 13.5. The zero-order valence-corrected chi connectivity index (χ0v) is 12.8. The van der Waals surface area contributed by atoms with Gasteiger partial charge in [-0.25, -0.2) is 4.39 Å². The number of rotatable bonds is 6. The third kappa shape index (κ3) is 4.97. The molecule has 100 valence electrons. The molecule has 0 atom stereocenters. The maximum absolute atomic E-state index is 12.9. The van der Waals surface area contributed by atoms with Crippen LogP contribution in [0.4, 0.5) is 4.39 Å². The van der Waals surface area contributed by atoms with Crippen LogP contribution in [-0.4, -0.2) is 12.3 Å². The molecule has 0 aliphatic rings. The Labute approximate surface area is 125 Å². The summed E-state index contributed by atoms with van der Waals surface area (Å²) in [5.74, 6) is 0.804. The van der Waals surface area contributed by atoms with Gasteiger partial charge in [0.2, 0.25) is 0 Å². The van der Waals surface area contributed by atoms with Crippen molar-refractivity contribution in [3.63, 3.8) is 0 Å². The summed E-state index contributed by atoms with van der Waals surface area (Å²) in [7, 11) is 0. The van der Waals surface area contributed by atoms with Gasteiger partial charge in [-0.1, -0.05) is 40.2 Å². The molecule has 0 aliphatic heterocycles. The molecule has 0 spiro atoms. The molecule has 0 amide bonds. The zero-order valence-electron chi connectivity index (χ0n) is 10.4. The molecule has 0 aliphatic carbocycles. The average molecular weight is 340 g/mol. The summed E-state index contributed by atoms with van der Waals surface area (Å²) in [6, 6.07) is 15.1. The fourth-order valence-corrected chi connectivity index (χ4v) is 2.97. The van der Waals surface area contributed by atoms with Crippen LogP contribution in [0.15, 0.2) is 57.9 Å². The first-order valence-electron chi connectivity index (χ1n) is 6.08. The lowest BCUT2D eigenvalue weighted by atomic mass is 10.2. The van der Waals surface area contributed by atoms with Gasteiger partial charge < -0.3 is 5.32 Å². The molecule has 1 N–H and O–H groups in total. The Bertz CT molecular complexity index is 519. The minimum atomic E-state index is -0.213. The summed E-state index contributed by atoms with van der Waals surface area (Å²) in [6.07, 6.45) is 0. The van der Waals surface area contributed by atoms with Gasteiger partial charge in [0.05, 0.1) is 0 Å². The molecule has 0 unspecified atom stereocenters. The Kier molecular flexibility index (Phi) is 5.89. The van der Waals surface area contributed by atoms with Gasteiger partial charge in [-0.3, -0.25) is 0 Å². The number of hydrogen-bond donors (Lipinski definition) is 1. The van der Waals surface area contributed by atoms with E-state index in [1.165, 1.54) is 17.0 Å². The van der Waals surface area contributed by atoms with Crippen LogP contribution in [-0.2, 0) is 6.54 Å². The molecule has 0 fully saturated rings. The standard InChI is InChI=1S/C15H15BrFNS/c16-15-10-13(17)7-6-12(15)11-18-8-9-19-14-4-2-1-3-5-14/h1-7,10,18H,8-9,11H2. The van der Waals surface area contributed by atoms with Crippen molar-refractivity contribution < 1.29 is 4.39 Å².